The molecule has 0 unspecified atom stereocenters. The SMILES string of the molecule is BrCc1ccc2cc(Br)oc2c1. The minimum atomic E-state index is 0.782. The van der Waals surface area contributed by atoms with Crippen LogP contribution in [0.1, 0.15) is 5.56 Å². The molecule has 3 heteroatoms. The molecule has 62 valence electrons. The van der Waals surface area contributed by atoms with Gasteiger partial charge in [0.05, 0.1) is 0 Å². The molecular weight excluding hydrogens is 284 g/mol. The largest absolute Gasteiger partial charge is 0.449 e. The van der Waals surface area contributed by atoms with Crippen LogP contribution in [0.2, 0.25) is 0 Å². The quantitative estimate of drug-likeness (QED) is 0.721. The van der Waals surface area contributed by atoms with E-state index in [2.05, 4.69) is 44.0 Å². The Labute approximate surface area is 87.0 Å². The summed E-state index contributed by atoms with van der Waals surface area (Å²) in [5, 5.41) is 1.99. The Morgan fingerprint density at radius 2 is 2.08 bits per heavy atom. The van der Waals surface area contributed by atoms with Gasteiger partial charge in [0.1, 0.15) is 5.58 Å². The van der Waals surface area contributed by atoms with Gasteiger partial charge in [-0.3, -0.25) is 0 Å². The zero-order chi connectivity index (χ0) is 8.55. The van der Waals surface area contributed by atoms with E-state index in [4.69, 9.17) is 4.42 Å². The molecule has 0 fully saturated rings. The summed E-state index contributed by atoms with van der Waals surface area (Å²) in [6.45, 7) is 0. The normalized spacial score (nSPS) is 10.8. The maximum atomic E-state index is 5.41. The summed E-state index contributed by atoms with van der Waals surface area (Å²) < 4.78 is 6.19. The third kappa shape index (κ3) is 1.43. The highest BCUT2D eigenvalue weighted by Crippen LogP contribution is 2.24. The van der Waals surface area contributed by atoms with E-state index in [1.807, 2.05) is 12.1 Å². The number of hydrogen-bond acceptors (Lipinski definition) is 1. The maximum absolute atomic E-state index is 5.41. The molecule has 0 bridgehead atoms. The van der Waals surface area contributed by atoms with Crippen molar-refractivity contribution in [3.05, 3.63) is 34.5 Å². The molecule has 0 atom stereocenters. The third-order valence-corrected chi connectivity index (χ3v) is 2.75. The van der Waals surface area contributed by atoms with Crippen molar-refractivity contribution in [1.29, 1.82) is 0 Å². The Bertz CT molecular complexity index is 406. The van der Waals surface area contributed by atoms with Crippen LogP contribution in [0.4, 0.5) is 0 Å². The van der Waals surface area contributed by atoms with Gasteiger partial charge in [-0.05, 0) is 33.6 Å². The molecule has 2 aromatic rings. The molecule has 0 aliphatic rings. The molecule has 0 N–H and O–H groups in total. The zero-order valence-corrected chi connectivity index (χ0v) is 9.35. The van der Waals surface area contributed by atoms with Crippen LogP contribution in [-0.4, -0.2) is 0 Å². The first kappa shape index (κ1) is 8.32. The molecule has 1 aromatic carbocycles. The van der Waals surface area contributed by atoms with E-state index < -0.39 is 0 Å². The van der Waals surface area contributed by atoms with Gasteiger partial charge in [0.15, 0.2) is 4.67 Å². The monoisotopic (exact) mass is 288 g/mol. The standard InChI is InChI=1S/C9H6Br2O/c10-5-6-1-2-7-4-9(11)12-8(7)3-6/h1-4H,5H2. The summed E-state index contributed by atoms with van der Waals surface area (Å²) in [5.41, 5.74) is 2.16. The van der Waals surface area contributed by atoms with Crippen molar-refractivity contribution >= 4 is 42.8 Å². The Morgan fingerprint density at radius 1 is 1.25 bits per heavy atom. The van der Waals surface area contributed by atoms with Gasteiger partial charge in [-0.2, -0.15) is 0 Å². The summed E-state index contributed by atoms with van der Waals surface area (Å²) in [4.78, 5) is 0. The van der Waals surface area contributed by atoms with Crippen molar-refractivity contribution in [3.8, 4) is 0 Å². The van der Waals surface area contributed by atoms with Crippen molar-refractivity contribution in [2.45, 2.75) is 5.33 Å². The number of benzene rings is 1. The topological polar surface area (TPSA) is 13.1 Å². The average Bonchev–Trinajstić information content (AvgIpc) is 2.43. The fourth-order valence-corrected chi connectivity index (χ4v) is 1.90. The van der Waals surface area contributed by atoms with E-state index in [1.165, 1.54) is 5.56 Å². The van der Waals surface area contributed by atoms with E-state index in [1.54, 1.807) is 0 Å². The van der Waals surface area contributed by atoms with Gasteiger partial charge in [-0.25, -0.2) is 0 Å². The van der Waals surface area contributed by atoms with Crippen molar-refractivity contribution in [2.75, 3.05) is 0 Å². The molecule has 1 heterocycles. The van der Waals surface area contributed by atoms with Crippen LogP contribution in [-0.2, 0) is 5.33 Å². The highest BCUT2D eigenvalue weighted by atomic mass is 79.9. The van der Waals surface area contributed by atoms with E-state index >= 15 is 0 Å². The first-order valence-electron chi connectivity index (χ1n) is 3.53. The van der Waals surface area contributed by atoms with Crippen LogP contribution in [0.3, 0.4) is 0 Å². The fourth-order valence-electron chi connectivity index (χ4n) is 1.13. The Kier molecular flexibility index (Phi) is 2.24. The van der Waals surface area contributed by atoms with Crippen LogP contribution >= 0.6 is 31.9 Å². The van der Waals surface area contributed by atoms with Crippen molar-refractivity contribution < 1.29 is 4.42 Å². The third-order valence-electron chi connectivity index (χ3n) is 1.71. The summed E-state index contributed by atoms with van der Waals surface area (Å²) >= 11 is 6.69. The molecule has 0 spiro atoms. The first-order valence-corrected chi connectivity index (χ1v) is 5.45. The van der Waals surface area contributed by atoms with E-state index in [0.29, 0.717) is 0 Å². The highest BCUT2D eigenvalue weighted by Gasteiger charge is 2.00. The lowest BCUT2D eigenvalue weighted by Crippen LogP contribution is -1.73. The number of halogens is 2. The Morgan fingerprint density at radius 3 is 2.83 bits per heavy atom. The smallest absolute Gasteiger partial charge is 0.170 e. The van der Waals surface area contributed by atoms with Gasteiger partial charge in [-0.1, -0.05) is 28.1 Å². The Hall–Kier alpha value is -0.280. The molecule has 0 radical (unpaired) electrons. The minimum absolute atomic E-state index is 0.782. The lowest BCUT2D eigenvalue weighted by Gasteiger charge is -1.92. The van der Waals surface area contributed by atoms with Gasteiger partial charge >= 0.3 is 0 Å². The van der Waals surface area contributed by atoms with Crippen molar-refractivity contribution in [2.24, 2.45) is 0 Å². The zero-order valence-electron chi connectivity index (χ0n) is 6.18. The van der Waals surface area contributed by atoms with Crippen LogP contribution in [0.5, 0.6) is 0 Å². The predicted octanol–water partition coefficient (Wildman–Crippen LogP) is 4.09. The summed E-state index contributed by atoms with van der Waals surface area (Å²) in [6.07, 6.45) is 0. The fraction of sp³-hybridized carbons (Fsp3) is 0.111. The van der Waals surface area contributed by atoms with E-state index in [-0.39, 0.29) is 0 Å². The molecular formula is C9H6Br2O. The van der Waals surface area contributed by atoms with Gasteiger partial charge in [-0.15, -0.1) is 0 Å². The summed E-state index contributed by atoms with van der Waals surface area (Å²) in [6, 6.07) is 8.14. The second-order valence-electron chi connectivity index (χ2n) is 2.56. The highest BCUT2D eigenvalue weighted by molar-refractivity contribution is 9.10. The number of fused-ring (bicyclic) bond motifs is 1. The summed E-state index contributed by atoms with van der Waals surface area (Å²) in [5.74, 6) is 0. The van der Waals surface area contributed by atoms with Crippen molar-refractivity contribution in [3.63, 3.8) is 0 Å². The van der Waals surface area contributed by atoms with Gasteiger partial charge < -0.3 is 4.42 Å². The lowest BCUT2D eigenvalue weighted by atomic mass is 10.2. The average molecular weight is 290 g/mol. The number of rotatable bonds is 1. The second-order valence-corrected chi connectivity index (χ2v) is 3.90. The van der Waals surface area contributed by atoms with Crippen LogP contribution in [0.25, 0.3) is 11.0 Å². The molecule has 0 amide bonds. The molecule has 1 nitrogen and oxygen atoms in total. The minimum Gasteiger partial charge on any atom is -0.449 e. The van der Waals surface area contributed by atoms with Crippen LogP contribution in [0.15, 0.2) is 33.4 Å². The number of alkyl halides is 1. The van der Waals surface area contributed by atoms with Gasteiger partial charge in [0, 0.05) is 10.7 Å². The second kappa shape index (κ2) is 3.23. The Balaban J connectivity index is 2.66. The molecule has 12 heavy (non-hydrogen) atoms. The molecule has 0 aliphatic carbocycles. The van der Waals surface area contributed by atoms with Gasteiger partial charge in [0.25, 0.3) is 0 Å². The number of furan rings is 1. The predicted molar refractivity (Wildman–Crippen MR) is 56.5 cm³/mol. The summed E-state index contributed by atoms with van der Waals surface area (Å²) in [7, 11) is 0. The molecule has 1 aromatic heterocycles. The molecule has 0 aliphatic heterocycles. The first-order chi connectivity index (χ1) is 5.79. The molecule has 0 saturated heterocycles. The van der Waals surface area contributed by atoms with Crippen LogP contribution in [0, 0.1) is 0 Å². The van der Waals surface area contributed by atoms with E-state index in [9.17, 15) is 0 Å². The maximum Gasteiger partial charge on any atom is 0.170 e. The van der Waals surface area contributed by atoms with Gasteiger partial charge in [0.2, 0.25) is 0 Å². The van der Waals surface area contributed by atoms with Crippen LogP contribution < -0.4 is 0 Å². The van der Waals surface area contributed by atoms with E-state index in [0.717, 1.165) is 21.0 Å². The molecule has 2 rings (SSSR count). The lowest BCUT2D eigenvalue weighted by molar-refractivity contribution is 0.587. The molecule has 0 saturated carbocycles. The van der Waals surface area contributed by atoms with Crippen molar-refractivity contribution in [1.82, 2.24) is 0 Å². The number of hydrogen-bond donors (Lipinski definition) is 0.